The molecule has 4 heteroatoms. The number of halogens is 1. The summed E-state index contributed by atoms with van der Waals surface area (Å²) >= 11 is 4.65. The molecule has 0 aliphatic heterocycles. The van der Waals surface area contributed by atoms with Crippen molar-refractivity contribution >= 4 is 28.7 Å². The quantitative estimate of drug-likeness (QED) is 0.589. The molecule has 2 nitrogen and oxygen atoms in total. The van der Waals surface area contributed by atoms with E-state index in [0.717, 1.165) is 11.3 Å². The van der Waals surface area contributed by atoms with Gasteiger partial charge in [0, 0.05) is 10.6 Å². The SMILES string of the molecule is C/C(=N/[S+]([O-])C(C)(C)C)c1cccc(Cl)c1. The van der Waals surface area contributed by atoms with Crippen LogP contribution in [0.2, 0.25) is 5.02 Å². The van der Waals surface area contributed by atoms with Crippen LogP contribution >= 0.6 is 11.6 Å². The van der Waals surface area contributed by atoms with Crippen molar-refractivity contribution in [3.8, 4) is 0 Å². The van der Waals surface area contributed by atoms with E-state index < -0.39 is 11.4 Å². The lowest BCUT2D eigenvalue weighted by Crippen LogP contribution is -2.26. The summed E-state index contributed by atoms with van der Waals surface area (Å²) in [5.41, 5.74) is 1.65. The van der Waals surface area contributed by atoms with Crippen molar-refractivity contribution in [2.24, 2.45) is 4.40 Å². The van der Waals surface area contributed by atoms with Gasteiger partial charge in [0.25, 0.3) is 0 Å². The van der Waals surface area contributed by atoms with E-state index in [9.17, 15) is 4.55 Å². The minimum atomic E-state index is -1.23. The van der Waals surface area contributed by atoms with Gasteiger partial charge in [-0.1, -0.05) is 28.1 Å². The van der Waals surface area contributed by atoms with Crippen molar-refractivity contribution in [1.82, 2.24) is 0 Å². The fourth-order valence-corrected chi connectivity index (χ4v) is 1.85. The van der Waals surface area contributed by atoms with Crippen molar-refractivity contribution < 1.29 is 4.55 Å². The summed E-state index contributed by atoms with van der Waals surface area (Å²) in [4.78, 5) is 0. The van der Waals surface area contributed by atoms with Crippen LogP contribution in [0.1, 0.15) is 33.3 Å². The molecule has 88 valence electrons. The zero-order chi connectivity index (χ0) is 12.3. The second kappa shape index (κ2) is 5.21. The highest BCUT2D eigenvalue weighted by Crippen LogP contribution is 2.19. The van der Waals surface area contributed by atoms with Crippen LogP contribution in [-0.4, -0.2) is 15.0 Å². The Labute approximate surface area is 105 Å². The van der Waals surface area contributed by atoms with Crippen molar-refractivity contribution in [1.29, 1.82) is 0 Å². The highest BCUT2D eigenvalue weighted by atomic mass is 35.5. The number of nitrogens with zero attached hydrogens (tertiary/aromatic N) is 1. The molecule has 0 N–H and O–H groups in total. The van der Waals surface area contributed by atoms with Crippen LogP contribution in [0.25, 0.3) is 0 Å². The molecule has 0 fully saturated rings. The average Bonchev–Trinajstić information content (AvgIpc) is 2.16. The normalized spacial score (nSPS) is 15.0. The molecular weight excluding hydrogens is 242 g/mol. The topological polar surface area (TPSA) is 35.4 Å². The van der Waals surface area contributed by atoms with E-state index in [-0.39, 0.29) is 4.75 Å². The Bertz CT molecular complexity index is 398. The van der Waals surface area contributed by atoms with Gasteiger partial charge in [-0.2, -0.15) is 0 Å². The summed E-state index contributed by atoms with van der Waals surface area (Å²) in [5, 5.41) is 0.661. The smallest absolute Gasteiger partial charge is 0.144 e. The molecule has 0 amide bonds. The van der Waals surface area contributed by atoms with Crippen LogP contribution in [0.4, 0.5) is 0 Å². The molecule has 1 aromatic rings. The predicted molar refractivity (Wildman–Crippen MR) is 71.6 cm³/mol. The molecular formula is C12H16ClNOS. The van der Waals surface area contributed by atoms with E-state index in [1.807, 2.05) is 45.9 Å². The van der Waals surface area contributed by atoms with Gasteiger partial charge in [0.05, 0.1) is 5.71 Å². The van der Waals surface area contributed by atoms with Crippen molar-refractivity contribution in [3.05, 3.63) is 34.9 Å². The first-order valence-electron chi connectivity index (χ1n) is 5.04. The van der Waals surface area contributed by atoms with Crippen molar-refractivity contribution in [2.45, 2.75) is 32.4 Å². The number of hydrogen-bond donors (Lipinski definition) is 0. The van der Waals surface area contributed by atoms with E-state index in [0.29, 0.717) is 5.02 Å². The third-order valence-corrected chi connectivity index (χ3v) is 3.71. The number of benzene rings is 1. The Balaban J connectivity index is 2.94. The Morgan fingerprint density at radius 1 is 1.38 bits per heavy atom. The van der Waals surface area contributed by atoms with E-state index >= 15 is 0 Å². The molecule has 1 aromatic carbocycles. The lowest BCUT2D eigenvalue weighted by molar-refractivity contribution is 0.561. The molecule has 1 unspecified atom stereocenters. The van der Waals surface area contributed by atoms with Gasteiger partial charge in [-0.3, -0.25) is 0 Å². The highest BCUT2D eigenvalue weighted by Gasteiger charge is 2.26. The maximum Gasteiger partial charge on any atom is 0.144 e. The Morgan fingerprint density at radius 2 is 2.00 bits per heavy atom. The van der Waals surface area contributed by atoms with E-state index in [4.69, 9.17) is 11.6 Å². The van der Waals surface area contributed by atoms with Crippen LogP contribution in [0.3, 0.4) is 0 Å². The maximum absolute atomic E-state index is 11.8. The molecule has 0 radical (unpaired) electrons. The minimum Gasteiger partial charge on any atom is -0.591 e. The highest BCUT2D eigenvalue weighted by molar-refractivity contribution is 7.91. The first-order valence-corrected chi connectivity index (χ1v) is 6.52. The van der Waals surface area contributed by atoms with Crippen LogP contribution in [-0.2, 0) is 11.4 Å². The van der Waals surface area contributed by atoms with Gasteiger partial charge in [0.2, 0.25) is 0 Å². The third-order valence-electron chi connectivity index (χ3n) is 1.99. The number of hydrogen-bond acceptors (Lipinski definition) is 2. The fraction of sp³-hybridized carbons (Fsp3) is 0.417. The average molecular weight is 258 g/mol. The van der Waals surface area contributed by atoms with Gasteiger partial charge < -0.3 is 4.55 Å². The van der Waals surface area contributed by atoms with Gasteiger partial charge in [0.1, 0.15) is 16.1 Å². The van der Waals surface area contributed by atoms with Crippen LogP contribution in [0, 0.1) is 0 Å². The van der Waals surface area contributed by atoms with Gasteiger partial charge in [0.15, 0.2) is 0 Å². The maximum atomic E-state index is 11.8. The molecule has 0 aliphatic rings. The second-order valence-electron chi connectivity index (χ2n) is 4.55. The summed E-state index contributed by atoms with van der Waals surface area (Å²) in [5.74, 6) is 0. The summed E-state index contributed by atoms with van der Waals surface area (Å²) < 4.78 is 15.7. The van der Waals surface area contributed by atoms with E-state index in [2.05, 4.69) is 4.40 Å². The van der Waals surface area contributed by atoms with Crippen molar-refractivity contribution in [2.75, 3.05) is 0 Å². The van der Waals surface area contributed by atoms with Crippen LogP contribution in [0.5, 0.6) is 0 Å². The summed E-state index contributed by atoms with van der Waals surface area (Å²) in [7, 11) is 0. The molecule has 0 saturated heterocycles. The molecule has 0 heterocycles. The lowest BCUT2D eigenvalue weighted by Gasteiger charge is -2.18. The molecule has 0 bridgehead atoms. The summed E-state index contributed by atoms with van der Waals surface area (Å²) in [6.45, 7) is 7.54. The second-order valence-corrected chi connectivity index (χ2v) is 6.89. The number of rotatable bonds is 2. The largest absolute Gasteiger partial charge is 0.591 e. The Morgan fingerprint density at radius 3 is 2.50 bits per heavy atom. The molecule has 1 rings (SSSR count). The zero-order valence-corrected chi connectivity index (χ0v) is 11.5. The van der Waals surface area contributed by atoms with Gasteiger partial charge in [-0.05, 0) is 39.8 Å². The fourth-order valence-electron chi connectivity index (χ4n) is 1.03. The first kappa shape index (κ1) is 13.6. The molecule has 16 heavy (non-hydrogen) atoms. The molecule has 0 saturated carbocycles. The van der Waals surface area contributed by atoms with Crippen LogP contribution in [0.15, 0.2) is 28.7 Å². The van der Waals surface area contributed by atoms with Crippen LogP contribution < -0.4 is 0 Å². The Kier molecular flexibility index (Phi) is 4.42. The summed E-state index contributed by atoms with van der Waals surface area (Å²) in [6, 6.07) is 7.39. The predicted octanol–water partition coefficient (Wildman–Crippen LogP) is 3.61. The zero-order valence-electron chi connectivity index (χ0n) is 9.95. The molecule has 1 atom stereocenters. The van der Waals surface area contributed by atoms with Gasteiger partial charge in [-0.25, -0.2) is 0 Å². The lowest BCUT2D eigenvalue weighted by atomic mass is 10.1. The first-order chi connectivity index (χ1) is 7.30. The minimum absolute atomic E-state index is 0.333. The van der Waals surface area contributed by atoms with Crippen molar-refractivity contribution in [3.63, 3.8) is 0 Å². The molecule has 0 aromatic heterocycles. The third kappa shape index (κ3) is 3.81. The monoisotopic (exact) mass is 257 g/mol. The summed E-state index contributed by atoms with van der Waals surface area (Å²) in [6.07, 6.45) is 0. The molecule has 0 aliphatic carbocycles. The van der Waals surface area contributed by atoms with E-state index in [1.165, 1.54) is 0 Å². The Hall–Kier alpha value is -0.510. The standard InChI is InChI=1S/C12H16ClNOS/c1-9(14-16(15)12(2,3)4)10-6-5-7-11(13)8-10/h5-8H,1-4H3/b14-9-. The van der Waals surface area contributed by atoms with Gasteiger partial charge in [-0.15, -0.1) is 0 Å². The van der Waals surface area contributed by atoms with E-state index in [1.54, 1.807) is 6.07 Å². The van der Waals surface area contributed by atoms with Gasteiger partial charge >= 0.3 is 0 Å². The molecule has 0 spiro atoms.